The number of amides is 2. The van der Waals surface area contributed by atoms with E-state index in [1.54, 1.807) is 39.0 Å². The van der Waals surface area contributed by atoms with Gasteiger partial charge in [0.2, 0.25) is 11.8 Å². The Morgan fingerprint density at radius 2 is 0.911 bits per heavy atom. The van der Waals surface area contributed by atoms with Crippen molar-refractivity contribution in [3.63, 3.8) is 0 Å². The summed E-state index contributed by atoms with van der Waals surface area (Å²) in [5, 5.41) is 245. The number of epoxide rings is 1. The van der Waals surface area contributed by atoms with Crippen LogP contribution < -0.4 is 16.8 Å². The van der Waals surface area contributed by atoms with Crippen LogP contribution in [-0.4, -0.2) is 487 Å². The Labute approximate surface area is 856 Å². The first-order chi connectivity index (χ1) is 69.2. The van der Waals surface area contributed by atoms with Crippen molar-refractivity contribution in [1.82, 2.24) is 10.3 Å². The molecule has 0 radical (unpaired) electrons. The van der Waals surface area contributed by atoms with Crippen LogP contribution in [-0.2, 0) is 119 Å². The number of primary amides is 1. The number of aliphatic hydroxyl groups is 20. The largest absolute Gasteiger partial charge is 0.481 e. The third kappa shape index (κ3) is 31.9. The van der Waals surface area contributed by atoms with Gasteiger partial charge in [-0.3, -0.25) is 33.6 Å². The maximum atomic E-state index is 13.9. The smallest absolute Gasteiger partial charge is 0.307 e. The molecular weight excluding hydrogens is 2010 g/mol. The monoisotopic (exact) mass is 2160 g/mol. The summed E-state index contributed by atoms with van der Waals surface area (Å²) in [6.07, 6.45) is -66.8. The summed E-state index contributed by atoms with van der Waals surface area (Å²) in [5.74, 6) is -7.60. The van der Waals surface area contributed by atoms with Crippen LogP contribution >= 0.6 is 34.9 Å². The van der Waals surface area contributed by atoms with Crippen molar-refractivity contribution in [2.24, 2.45) is 40.6 Å². The number of rotatable bonds is 35. The number of carboxylic acids is 1. The summed E-state index contributed by atoms with van der Waals surface area (Å²) in [6, 6.07) is -0.319. The number of thioether (sulfide) groups is 2. The number of hydrogen-bond donors (Lipinski definition) is 24. The lowest BCUT2D eigenvalue weighted by molar-refractivity contribution is -0.395. The van der Waals surface area contributed by atoms with Crippen LogP contribution in [0.5, 0.6) is 0 Å². The quantitative estimate of drug-likeness (QED) is 0.0171. The molecule has 0 spiro atoms. The van der Waals surface area contributed by atoms with E-state index >= 15 is 0 Å². The SMILES string of the molecule is C/C(=C\c1csc(C)n1)[C@@H]1C[C@@H]2O[C@]2(C)CCC[C@H](C)[C@H](O)[C@@H](C)C(=O)C(C)(C)[C@@H](OC(=O)CCCCCN)CC(=O)N1.CCC(CSCC1O[C@@H]2O[C@@H]3C(CO)O[C@H](O[C@@H]4C(CO)O[C@H](O[C@@H]5C(CO)O[C@H](O[C@@H]6C(CSCC(CC(=O)CCOCCOCCC(C)=O)C(=O)O)O[C@H](O[C@@H]7C(CO)O[C@H](O[C@@H]8C(CO)O[C@H](O[C@H]1[C@H](O)C2O)C(O)[C@H]8O)C(O)[C@H]7O)C(O)[C@H]6O)C(O)[C@H]5O)C(O)[C@H]4O)C(O)[C@H]3O)C(N)=O. The number of thiazole rings is 1. The number of aryl methyl sites for hydroxylation is 1. The fraction of sp³-hybridized carbons (Fsp3) is 0.871. The molecule has 44 atom stereocenters. The fourth-order valence-electron chi connectivity index (χ4n) is 18.9. The molecule has 1 aromatic rings. The molecule has 14 bridgehead atoms. The van der Waals surface area contributed by atoms with Crippen molar-refractivity contribution < 1.29 is 226 Å². The highest BCUT2D eigenvalue weighted by Crippen LogP contribution is 2.47. The summed E-state index contributed by atoms with van der Waals surface area (Å²) >= 11 is 3.38. The van der Waals surface area contributed by atoms with Crippen molar-refractivity contribution in [2.75, 3.05) is 89.0 Å². The van der Waals surface area contributed by atoms with Gasteiger partial charge in [0.1, 0.15) is 182 Å². The number of fused-ring (bicyclic) bond motifs is 1. The number of unbranched alkanes of at least 4 members (excludes halogenated alkanes) is 2. The van der Waals surface area contributed by atoms with Crippen LogP contribution in [0.4, 0.5) is 0 Å². The molecule has 146 heavy (non-hydrogen) atoms. The molecule has 23 saturated heterocycles. The van der Waals surface area contributed by atoms with Gasteiger partial charge in [-0.15, -0.1) is 11.3 Å². The number of ketones is 3. The zero-order valence-corrected chi connectivity index (χ0v) is 85.4. The van der Waals surface area contributed by atoms with Gasteiger partial charge in [-0.25, -0.2) is 4.98 Å². The van der Waals surface area contributed by atoms with Crippen LogP contribution in [0.2, 0.25) is 0 Å². The van der Waals surface area contributed by atoms with Crippen molar-refractivity contribution in [2.45, 2.75) is 391 Å². The minimum Gasteiger partial charge on any atom is -0.481 e. The lowest BCUT2D eigenvalue weighted by Crippen LogP contribution is -2.68. The Morgan fingerprint density at radius 3 is 1.27 bits per heavy atom. The number of aliphatic carboxylic acids is 1. The van der Waals surface area contributed by atoms with Gasteiger partial charge in [0.25, 0.3) is 0 Å². The molecule has 50 nitrogen and oxygen atoms in total. The zero-order chi connectivity index (χ0) is 107. The fourth-order valence-corrected chi connectivity index (χ4v) is 22.0. The minimum absolute atomic E-state index is 0.0226. The number of carbonyl (C=O) groups is 7. The topological polar surface area (TPSA) is 791 Å². The first-order valence-corrected chi connectivity index (χ1v) is 52.7. The van der Waals surface area contributed by atoms with Crippen molar-refractivity contribution in [1.29, 1.82) is 0 Å². The lowest BCUT2D eigenvalue weighted by Gasteiger charge is -2.50. The second-order valence-electron chi connectivity index (χ2n) is 39.5. The van der Waals surface area contributed by atoms with E-state index in [9.17, 15) is 141 Å². The third-order valence-electron chi connectivity index (χ3n) is 28.2. The molecule has 24 rings (SSSR count). The molecule has 24 heterocycles. The predicted molar refractivity (Wildman–Crippen MR) is 504 cm³/mol. The molecule has 23 aliphatic heterocycles. The molecule has 0 aliphatic carbocycles. The van der Waals surface area contributed by atoms with E-state index in [1.807, 2.05) is 32.2 Å². The number of nitrogens with one attached hydrogen (secondary N) is 1. The standard InChI is InChI=1S/C60H99NO40S2.C33H53N3O6S/c1-3-21(52(61)83)16-102-18-29-50-36(74)43(81)59(93-29)98-48-27(14-65)89-55(39(77)32(48)70)95-45-24(11-62)88-54(38(76)31(45)69)96-46-26(13-64)92-58(42(80)35(46)73)101-51-30(19-103-17-22(53(84)85)10-23(68)5-7-87-9-8-86-6-4-20(2)67)94-60(44(82)37(51)75)99-49-28(15-66)90-56(40(78)33(49)71)97-47-25(12-63)91-57(100-50)41(79)34(47)72;1-20-12-11-14-33(7)27(42-33)17-25(21(2)16-24-19-43-23(4)35-24)36-28(37)18-26(41-29(38)13-9-8-10-15-34)32(5,6)31(40)22(3)30(20)39/h21-22,24-51,54-60,62-66,69-82H,3-19H2,1-2H3,(H2,61,83)(H,84,85);16,19-20,22,25-27,30,39H,8-15,17-18,34H2,1-7H3,(H,36,37)/b;21-16+/t21?,22?,24?,25?,26?,27?,28?,29?,30?,31-,32-,33-,34-,35-,36-,37-,38?,39?,40?,41?,42?,43?,44?,45-,46-,47-,48-,49-,50-,51-,54-,55-,56-,57-,58-,59-,60-;20-,22+,25-,26-,27-,30-,33+/m10/s1. The molecule has 0 aromatic carbocycles. The van der Waals surface area contributed by atoms with Gasteiger partial charge in [0.15, 0.2) is 44.0 Å². The van der Waals surface area contributed by atoms with Crippen molar-refractivity contribution in [3.05, 3.63) is 21.7 Å². The van der Waals surface area contributed by atoms with Crippen LogP contribution in [0, 0.1) is 36.0 Å². The van der Waals surface area contributed by atoms with E-state index in [1.165, 1.54) is 6.92 Å². The minimum atomic E-state index is -2.31. The highest BCUT2D eigenvalue weighted by Gasteiger charge is 2.62. The summed E-state index contributed by atoms with van der Waals surface area (Å²) in [4.78, 5) is 94.0. The summed E-state index contributed by atoms with van der Waals surface area (Å²) in [6.45, 7) is 11.6. The summed E-state index contributed by atoms with van der Waals surface area (Å²) < 4.78 is 106. The number of nitrogens with zero attached hydrogens (tertiary/aromatic N) is 1. The number of Topliss-reactive ketones (excluding diaryl/α,β-unsaturated/α-hetero) is 3. The molecule has 23 fully saturated rings. The second-order valence-corrected chi connectivity index (χ2v) is 42.8. The van der Waals surface area contributed by atoms with Gasteiger partial charge < -0.3 is 209 Å². The number of esters is 1. The molecule has 838 valence electrons. The van der Waals surface area contributed by atoms with E-state index in [0.717, 1.165) is 71.9 Å². The van der Waals surface area contributed by atoms with Gasteiger partial charge >= 0.3 is 11.9 Å². The number of ether oxygens (including phenoxy) is 18. The second kappa shape index (κ2) is 57.2. The summed E-state index contributed by atoms with van der Waals surface area (Å²) in [5.41, 5.74) is 11.5. The van der Waals surface area contributed by atoms with Crippen LogP contribution in [0.15, 0.2) is 11.0 Å². The molecule has 2 amide bonds. The third-order valence-corrected chi connectivity index (χ3v) is 31.4. The van der Waals surface area contributed by atoms with E-state index < -0.39 is 319 Å². The molecule has 1 aromatic heterocycles. The van der Waals surface area contributed by atoms with Crippen LogP contribution in [0.3, 0.4) is 0 Å². The summed E-state index contributed by atoms with van der Waals surface area (Å²) in [7, 11) is 0. The number of carbonyl (C=O) groups excluding carboxylic acids is 6. The average molecular weight is 2160 g/mol. The average Bonchev–Trinajstić information content (AvgIpc) is 1.55. The first-order valence-electron chi connectivity index (χ1n) is 49.5. The normalized spacial score (nSPS) is 41.2. The van der Waals surface area contributed by atoms with Crippen LogP contribution in [0.1, 0.15) is 150 Å². The molecular formula is C93H152N4O46S3. The van der Waals surface area contributed by atoms with E-state index in [0.29, 0.717) is 19.4 Å². The predicted octanol–water partition coefficient (Wildman–Crippen LogP) is -7.05. The number of aliphatic hydroxyl groups excluding tert-OH is 20. The van der Waals surface area contributed by atoms with Gasteiger partial charge in [0.05, 0.1) is 124 Å². The van der Waals surface area contributed by atoms with E-state index in [2.05, 4.69) is 17.2 Å². The first kappa shape index (κ1) is 123. The van der Waals surface area contributed by atoms with E-state index in [-0.39, 0.29) is 117 Å². The van der Waals surface area contributed by atoms with Crippen LogP contribution in [0.25, 0.3) is 6.08 Å². The van der Waals surface area contributed by atoms with Gasteiger partial charge in [-0.2, -0.15) is 23.5 Å². The Morgan fingerprint density at radius 1 is 0.527 bits per heavy atom. The maximum Gasteiger partial charge on any atom is 0.307 e. The number of carboxylic acid groups (broad SMARTS) is 1. The van der Waals surface area contributed by atoms with Crippen molar-refractivity contribution >= 4 is 82.0 Å². The van der Waals surface area contributed by atoms with Crippen molar-refractivity contribution in [3.8, 4) is 0 Å². The van der Waals surface area contributed by atoms with Gasteiger partial charge in [0, 0.05) is 72.3 Å². The number of aromatic nitrogens is 1. The highest BCUT2D eigenvalue weighted by molar-refractivity contribution is 7.99. The van der Waals surface area contributed by atoms with Gasteiger partial charge in [-0.1, -0.05) is 33.6 Å². The zero-order valence-electron chi connectivity index (χ0n) is 83.0. The Bertz CT molecular complexity index is 4250. The lowest BCUT2D eigenvalue weighted by atomic mass is 9.72. The van der Waals surface area contributed by atoms with Gasteiger partial charge in [-0.05, 0) is 97.8 Å². The van der Waals surface area contributed by atoms with E-state index in [4.69, 9.17) is 96.7 Å². The molecule has 53 heteroatoms. The maximum absolute atomic E-state index is 13.9. The Kier molecular flexibility index (Phi) is 48.3. The molecule has 0 saturated carbocycles. The molecule has 23 aliphatic rings. The highest BCUT2D eigenvalue weighted by atomic mass is 32.2. The number of hydrogen-bond acceptors (Lipinski definition) is 50. The Balaban J connectivity index is 0.000000422. The number of nitrogens with two attached hydrogens (primary N) is 2. The Hall–Kier alpha value is -4.56. The molecule has 26 N–H and O–H groups in total. The molecule has 16 unspecified atom stereocenters.